The van der Waals surface area contributed by atoms with Crippen molar-refractivity contribution in [3.63, 3.8) is 0 Å². The molecule has 2 aliphatic rings. The highest BCUT2D eigenvalue weighted by molar-refractivity contribution is 6.18. The molecule has 18 heavy (non-hydrogen) atoms. The highest BCUT2D eigenvalue weighted by Gasteiger charge is 2.26. The maximum absolute atomic E-state index is 5.96. The van der Waals surface area contributed by atoms with Crippen molar-refractivity contribution in [3.8, 4) is 11.5 Å². The predicted molar refractivity (Wildman–Crippen MR) is 73.2 cm³/mol. The summed E-state index contributed by atoms with van der Waals surface area (Å²) in [6, 6.07) is 0. The van der Waals surface area contributed by atoms with Gasteiger partial charge in [-0.05, 0) is 44.6 Å². The summed E-state index contributed by atoms with van der Waals surface area (Å²) in [6.07, 6.45) is 5.29. The van der Waals surface area contributed by atoms with Crippen LogP contribution >= 0.6 is 11.6 Å². The van der Waals surface area contributed by atoms with Crippen LogP contribution in [0.5, 0.6) is 11.5 Å². The Morgan fingerprint density at radius 3 is 2.39 bits per heavy atom. The molecule has 0 radical (unpaired) electrons. The van der Waals surface area contributed by atoms with Gasteiger partial charge in [-0.2, -0.15) is 0 Å². The summed E-state index contributed by atoms with van der Waals surface area (Å²) in [6.45, 7) is 3.84. The molecule has 0 spiro atoms. The zero-order chi connectivity index (χ0) is 12.5. The quantitative estimate of drug-likeness (QED) is 0.764. The molecule has 3 heteroatoms. The average Bonchev–Trinajstić information content (AvgIpc) is 2.43. The van der Waals surface area contributed by atoms with E-state index in [0.29, 0.717) is 5.88 Å². The van der Waals surface area contributed by atoms with Gasteiger partial charge in [0.2, 0.25) is 0 Å². The van der Waals surface area contributed by atoms with Gasteiger partial charge in [-0.1, -0.05) is 0 Å². The van der Waals surface area contributed by atoms with E-state index >= 15 is 0 Å². The highest BCUT2D eigenvalue weighted by Crippen LogP contribution is 2.43. The van der Waals surface area contributed by atoms with E-state index in [1.165, 1.54) is 22.3 Å². The fraction of sp³-hybridized carbons (Fsp3) is 0.600. The Morgan fingerprint density at radius 2 is 1.67 bits per heavy atom. The van der Waals surface area contributed by atoms with Crippen LogP contribution in [-0.4, -0.2) is 19.1 Å². The van der Waals surface area contributed by atoms with Gasteiger partial charge < -0.3 is 9.47 Å². The summed E-state index contributed by atoms with van der Waals surface area (Å²) in [5.41, 5.74) is 5.29. The number of ether oxygens (including phenoxy) is 2. The molecule has 0 aliphatic carbocycles. The minimum absolute atomic E-state index is 0.644. The fourth-order valence-electron chi connectivity index (χ4n) is 3.13. The Kier molecular flexibility index (Phi) is 3.38. The van der Waals surface area contributed by atoms with Crippen LogP contribution in [0.25, 0.3) is 0 Å². The SMILES string of the molecule is Cc1c2c(c(CCCl)c3c1OCCC3)OCCC2. The summed E-state index contributed by atoms with van der Waals surface area (Å²) >= 11 is 5.96. The lowest BCUT2D eigenvalue weighted by molar-refractivity contribution is 0.267. The van der Waals surface area contributed by atoms with Gasteiger partial charge in [-0.15, -0.1) is 11.6 Å². The number of alkyl halides is 1. The molecule has 0 saturated heterocycles. The summed E-state index contributed by atoms with van der Waals surface area (Å²) in [7, 11) is 0. The van der Waals surface area contributed by atoms with E-state index in [-0.39, 0.29) is 0 Å². The first-order valence-electron chi connectivity index (χ1n) is 6.81. The van der Waals surface area contributed by atoms with Crippen molar-refractivity contribution in [2.24, 2.45) is 0 Å². The third kappa shape index (κ3) is 1.87. The zero-order valence-corrected chi connectivity index (χ0v) is 11.6. The molecular weight excluding hydrogens is 248 g/mol. The van der Waals surface area contributed by atoms with E-state index in [1.54, 1.807) is 0 Å². The van der Waals surface area contributed by atoms with Crippen LogP contribution in [0, 0.1) is 6.92 Å². The number of halogens is 1. The van der Waals surface area contributed by atoms with Crippen molar-refractivity contribution >= 4 is 11.6 Å². The minimum Gasteiger partial charge on any atom is -0.493 e. The Bertz CT molecular complexity index is 431. The Morgan fingerprint density at radius 1 is 1.00 bits per heavy atom. The lowest BCUT2D eigenvalue weighted by Gasteiger charge is -2.29. The van der Waals surface area contributed by atoms with Gasteiger partial charge in [-0.25, -0.2) is 0 Å². The molecule has 98 valence electrons. The molecule has 2 heterocycles. The van der Waals surface area contributed by atoms with Crippen molar-refractivity contribution in [2.45, 2.75) is 39.0 Å². The summed E-state index contributed by atoms with van der Waals surface area (Å²) in [5, 5.41) is 0. The van der Waals surface area contributed by atoms with Crippen molar-refractivity contribution < 1.29 is 9.47 Å². The molecule has 2 aliphatic heterocycles. The van der Waals surface area contributed by atoms with Crippen molar-refractivity contribution in [2.75, 3.05) is 19.1 Å². The van der Waals surface area contributed by atoms with E-state index < -0.39 is 0 Å². The molecular formula is C15H19ClO2. The normalized spacial score (nSPS) is 17.4. The first kappa shape index (κ1) is 12.2. The van der Waals surface area contributed by atoms with Crippen LogP contribution in [0.4, 0.5) is 0 Å². The lowest BCUT2D eigenvalue weighted by Crippen LogP contribution is -2.19. The third-order valence-corrected chi connectivity index (χ3v) is 4.15. The maximum atomic E-state index is 5.96. The molecule has 2 nitrogen and oxygen atoms in total. The topological polar surface area (TPSA) is 18.5 Å². The van der Waals surface area contributed by atoms with Crippen LogP contribution < -0.4 is 9.47 Å². The molecule has 0 N–H and O–H groups in total. The van der Waals surface area contributed by atoms with Crippen LogP contribution in [0.15, 0.2) is 0 Å². The van der Waals surface area contributed by atoms with Gasteiger partial charge in [0.15, 0.2) is 0 Å². The van der Waals surface area contributed by atoms with Crippen LogP contribution in [-0.2, 0) is 19.3 Å². The molecule has 0 atom stereocenters. The molecule has 0 amide bonds. The molecule has 0 bridgehead atoms. The number of hydrogen-bond donors (Lipinski definition) is 0. The zero-order valence-electron chi connectivity index (χ0n) is 10.9. The monoisotopic (exact) mass is 266 g/mol. The molecule has 3 rings (SSSR count). The first-order chi connectivity index (χ1) is 8.83. The van der Waals surface area contributed by atoms with E-state index in [2.05, 4.69) is 6.92 Å². The molecule has 0 saturated carbocycles. The summed E-state index contributed by atoms with van der Waals surface area (Å²) in [4.78, 5) is 0. The van der Waals surface area contributed by atoms with Crippen molar-refractivity contribution in [3.05, 3.63) is 22.3 Å². The van der Waals surface area contributed by atoms with E-state index in [4.69, 9.17) is 21.1 Å². The van der Waals surface area contributed by atoms with E-state index in [9.17, 15) is 0 Å². The van der Waals surface area contributed by atoms with Crippen LogP contribution in [0.3, 0.4) is 0 Å². The van der Waals surface area contributed by atoms with E-state index in [0.717, 1.165) is 56.8 Å². The van der Waals surface area contributed by atoms with Gasteiger partial charge in [-0.3, -0.25) is 0 Å². The molecule has 0 unspecified atom stereocenters. The first-order valence-corrected chi connectivity index (χ1v) is 7.35. The summed E-state index contributed by atoms with van der Waals surface area (Å²) < 4.78 is 11.8. The van der Waals surface area contributed by atoms with Gasteiger partial charge in [0.1, 0.15) is 11.5 Å². The third-order valence-electron chi connectivity index (χ3n) is 3.96. The smallest absolute Gasteiger partial charge is 0.126 e. The Balaban J connectivity index is 2.20. The molecule has 0 fully saturated rings. The Labute approximate surface area is 113 Å². The average molecular weight is 267 g/mol. The standard InChI is InChI=1S/C15H19ClO2/c1-10-11-4-2-9-18-15(11)13(6-7-16)12-5-3-8-17-14(10)12/h2-9H2,1H3. The molecule has 0 aromatic heterocycles. The lowest BCUT2D eigenvalue weighted by atomic mass is 9.88. The maximum Gasteiger partial charge on any atom is 0.126 e. The second-order valence-corrected chi connectivity index (χ2v) is 5.44. The van der Waals surface area contributed by atoms with Gasteiger partial charge in [0, 0.05) is 22.6 Å². The second kappa shape index (κ2) is 5.00. The van der Waals surface area contributed by atoms with E-state index in [1.807, 2.05) is 0 Å². The van der Waals surface area contributed by atoms with Crippen molar-refractivity contribution in [1.29, 1.82) is 0 Å². The summed E-state index contributed by atoms with van der Waals surface area (Å²) in [5.74, 6) is 2.87. The number of benzene rings is 1. The molecule has 1 aromatic rings. The van der Waals surface area contributed by atoms with Crippen LogP contribution in [0.1, 0.15) is 35.1 Å². The van der Waals surface area contributed by atoms with Crippen molar-refractivity contribution in [1.82, 2.24) is 0 Å². The fourth-order valence-corrected chi connectivity index (χ4v) is 3.32. The largest absolute Gasteiger partial charge is 0.493 e. The Hall–Kier alpha value is -0.890. The minimum atomic E-state index is 0.644. The van der Waals surface area contributed by atoms with Gasteiger partial charge in [0.25, 0.3) is 0 Å². The highest BCUT2D eigenvalue weighted by atomic mass is 35.5. The van der Waals surface area contributed by atoms with Crippen LogP contribution in [0.2, 0.25) is 0 Å². The number of rotatable bonds is 2. The predicted octanol–water partition coefficient (Wildman–Crippen LogP) is 3.43. The molecule has 1 aromatic carbocycles. The second-order valence-electron chi connectivity index (χ2n) is 5.06. The van der Waals surface area contributed by atoms with Gasteiger partial charge in [0.05, 0.1) is 13.2 Å². The van der Waals surface area contributed by atoms with Gasteiger partial charge >= 0.3 is 0 Å². The number of fused-ring (bicyclic) bond motifs is 2. The number of hydrogen-bond acceptors (Lipinski definition) is 2.